The predicted octanol–water partition coefficient (Wildman–Crippen LogP) is 11.5. The fourth-order valence-corrected chi connectivity index (χ4v) is 8.64. The molecule has 3 nitrogen and oxygen atoms in total. The van der Waals surface area contributed by atoms with Crippen LogP contribution in [0.15, 0.2) is 132 Å². The van der Waals surface area contributed by atoms with Crippen molar-refractivity contribution >= 4 is 60.7 Å². The molecule has 3 unspecified atom stereocenters. The van der Waals surface area contributed by atoms with E-state index >= 15 is 0 Å². The van der Waals surface area contributed by atoms with Gasteiger partial charge in [-0.15, -0.1) is 0 Å². The van der Waals surface area contributed by atoms with E-state index in [2.05, 4.69) is 150 Å². The minimum atomic E-state index is 0.240. The molecule has 0 aliphatic heterocycles. The van der Waals surface area contributed by atoms with E-state index in [4.69, 9.17) is 4.42 Å². The predicted molar refractivity (Wildman–Crippen MR) is 192 cm³/mol. The van der Waals surface area contributed by atoms with Gasteiger partial charge < -0.3 is 13.6 Å². The minimum absolute atomic E-state index is 0.240. The topological polar surface area (TPSA) is 23.0 Å². The summed E-state index contributed by atoms with van der Waals surface area (Å²) < 4.78 is 11.8. The van der Waals surface area contributed by atoms with Crippen LogP contribution in [0.3, 0.4) is 0 Å². The number of benzene rings is 5. The van der Waals surface area contributed by atoms with Gasteiger partial charge in [-0.05, 0) is 60.7 Å². The highest BCUT2D eigenvalue weighted by atomic mass is 16.3. The van der Waals surface area contributed by atoms with Gasteiger partial charge in [0.2, 0.25) is 0 Å². The Morgan fingerprint density at radius 2 is 1.30 bits per heavy atom. The van der Waals surface area contributed by atoms with Gasteiger partial charge in [0.1, 0.15) is 11.3 Å². The summed E-state index contributed by atoms with van der Waals surface area (Å²) in [5.74, 6) is 1.89. The quantitative estimate of drug-likeness (QED) is 0.187. The molecule has 2 aliphatic carbocycles. The van der Waals surface area contributed by atoms with Gasteiger partial charge in [-0.25, -0.2) is 0 Å². The van der Waals surface area contributed by atoms with Crippen molar-refractivity contribution in [1.82, 2.24) is 9.13 Å². The summed E-state index contributed by atoms with van der Waals surface area (Å²) in [5.41, 5.74) is 10.0. The third kappa shape index (κ3) is 3.60. The highest BCUT2D eigenvalue weighted by Crippen LogP contribution is 2.48. The number of nitrogens with zero attached hydrogens (tertiary/aromatic N) is 2. The Hall–Kier alpha value is -5.28. The van der Waals surface area contributed by atoms with E-state index in [1.165, 1.54) is 65.8 Å². The summed E-state index contributed by atoms with van der Waals surface area (Å²) in [7, 11) is 0. The average Bonchev–Trinajstić information content (AvgIpc) is 3.75. The molecule has 10 rings (SSSR count). The molecule has 0 radical (unpaired) electrons. The van der Waals surface area contributed by atoms with Crippen molar-refractivity contribution in [3.63, 3.8) is 0 Å². The zero-order chi connectivity index (χ0) is 30.4. The Morgan fingerprint density at radius 1 is 0.652 bits per heavy atom. The first-order valence-electron chi connectivity index (χ1n) is 16.6. The molecule has 3 aromatic heterocycles. The standard InChI is InChI=1S/C43H34N2O/c1-27-22-23-34-41(26-27)46-40-25-24-33-32-16-6-11-21-39(32)45(43(33)42(34)40)38-20-10-5-15-31(38)30-14-4-9-19-37(30)44-35-17-7-2-12-28(35)29-13-3-8-18-36(29)44/h2-14,16-19,21-25,27,31,38H,15,20,26H2,1H3. The van der Waals surface area contributed by atoms with Crippen LogP contribution in [0.2, 0.25) is 0 Å². The van der Waals surface area contributed by atoms with Gasteiger partial charge >= 0.3 is 0 Å². The van der Waals surface area contributed by atoms with Crippen molar-refractivity contribution in [2.24, 2.45) is 5.92 Å². The van der Waals surface area contributed by atoms with Crippen LogP contribution in [0.1, 0.15) is 48.6 Å². The fraction of sp³-hybridized carbons (Fsp3) is 0.163. The van der Waals surface area contributed by atoms with Crippen molar-refractivity contribution in [3.8, 4) is 5.69 Å². The third-order valence-corrected chi connectivity index (χ3v) is 10.6. The number of rotatable bonds is 3. The molecule has 0 fully saturated rings. The molecule has 3 atom stereocenters. The van der Waals surface area contributed by atoms with Gasteiger partial charge in [0.25, 0.3) is 0 Å². The fourth-order valence-electron chi connectivity index (χ4n) is 8.64. The number of furan rings is 1. The molecule has 8 aromatic rings. The number of aromatic nitrogens is 2. The summed E-state index contributed by atoms with van der Waals surface area (Å²) in [6, 6.07) is 40.5. The molecule has 46 heavy (non-hydrogen) atoms. The van der Waals surface area contributed by atoms with E-state index in [-0.39, 0.29) is 12.0 Å². The molecular formula is C43H34N2O. The second kappa shape index (κ2) is 9.86. The van der Waals surface area contributed by atoms with Crippen LogP contribution in [-0.4, -0.2) is 9.13 Å². The molecule has 2 aliphatic rings. The lowest BCUT2D eigenvalue weighted by Crippen LogP contribution is -2.21. The van der Waals surface area contributed by atoms with Crippen molar-refractivity contribution in [1.29, 1.82) is 0 Å². The van der Waals surface area contributed by atoms with Gasteiger partial charge in [-0.1, -0.05) is 104 Å². The van der Waals surface area contributed by atoms with E-state index in [1.807, 2.05) is 0 Å². The van der Waals surface area contributed by atoms with Gasteiger partial charge in [-0.3, -0.25) is 0 Å². The Bertz CT molecular complexity index is 2500. The van der Waals surface area contributed by atoms with E-state index in [0.717, 1.165) is 30.6 Å². The molecule has 5 aromatic carbocycles. The molecule has 3 heterocycles. The van der Waals surface area contributed by atoms with E-state index in [0.29, 0.717) is 5.92 Å². The van der Waals surface area contributed by atoms with Crippen LogP contribution in [0.4, 0.5) is 0 Å². The van der Waals surface area contributed by atoms with Crippen LogP contribution >= 0.6 is 0 Å². The highest BCUT2D eigenvalue weighted by Gasteiger charge is 2.32. The first-order chi connectivity index (χ1) is 22.8. The molecule has 0 saturated heterocycles. The van der Waals surface area contributed by atoms with Crippen molar-refractivity contribution in [2.45, 2.75) is 38.1 Å². The van der Waals surface area contributed by atoms with Crippen molar-refractivity contribution in [3.05, 3.63) is 144 Å². The van der Waals surface area contributed by atoms with Crippen LogP contribution in [0.25, 0.3) is 66.3 Å². The Kier molecular flexibility index (Phi) is 5.57. The minimum Gasteiger partial charge on any atom is -0.460 e. The maximum atomic E-state index is 6.59. The number of hydrogen-bond acceptors (Lipinski definition) is 1. The number of para-hydroxylation sites is 4. The summed E-state index contributed by atoms with van der Waals surface area (Å²) in [5, 5.41) is 6.47. The number of hydrogen-bond donors (Lipinski definition) is 0. The van der Waals surface area contributed by atoms with Crippen LogP contribution in [-0.2, 0) is 6.42 Å². The maximum Gasteiger partial charge on any atom is 0.137 e. The van der Waals surface area contributed by atoms with Gasteiger partial charge in [0, 0.05) is 56.7 Å². The number of allylic oxidation sites excluding steroid dienone is 3. The Balaban J connectivity index is 1.25. The molecule has 3 heteroatoms. The SMILES string of the molecule is CC1C=Cc2c(oc3ccc4c5ccccc5n(C5CC=CCC5c5ccccc5-n5c6ccccc6c6ccccc65)c4c23)C1. The molecule has 0 saturated carbocycles. The first kappa shape index (κ1) is 26.0. The lowest BCUT2D eigenvalue weighted by molar-refractivity contribution is 0.420. The van der Waals surface area contributed by atoms with E-state index in [1.54, 1.807) is 0 Å². The lowest BCUT2D eigenvalue weighted by Gasteiger charge is -2.33. The number of fused-ring (bicyclic) bond motifs is 10. The van der Waals surface area contributed by atoms with Crippen LogP contribution < -0.4 is 0 Å². The zero-order valence-corrected chi connectivity index (χ0v) is 25.9. The summed E-state index contributed by atoms with van der Waals surface area (Å²) >= 11 is 0. The highest BCUT2D eigenvalue weighted by molar-refractivity contribution is 6.19. The van der Waals surface area contributed by atoms with E-state index in [9.17, 15) is 0 Å². The summed E-state index contributed by atoms with van der Waals surface area (Å²) in [4.78, 5) is 0. The molecule has 0 amide bonds. The molecule has 0 bridgehead atoms. The van der Waals surface area contributed by atoms with Crippen LogP contribution in [0, 0.1) is 5.92 Å². The summed E-state index contributed by atoms with van der Waals surface area (Å²) in [6.07, 6.45) is 12.4. The van der Waals surface area contributed by atoms with Crippen molar-refractivity contribution in [2.75, 3.05) is 0 Å². The summed E-state index contributed by atoms with van der Waals surface area (Å²) in [6.45, 7) is 2.27. The zero-order valence-electron chi connectivity index (χ0n) is 25.9. The van der Waals surface area contributed by atoms with Gasteiger partial charge in [0.05, 0.1) is 21.9 Å². The molecular weight excluding hydrogens is 560 g/mol. The Morgan fingerprint density at radius 3 is 2.09 bits per heavy atom. The molecule has 0 spiro atoms. The lowest BCUT2D eigenvalue weighted by atomic mass is 9.82. The first-order valence-corrected chi connectivity index (χ1v) is 16.6. The molecule has 0 N–H and O–H groups in total. The van der Waals surface area contributed by atoms with Crippen molar-refractivity contribution < 1.29 is 4.42 Å². The maximum absolute atomic E-state index is 6.59. The van der Waals surface area contributed by atoms with Gasteiger partial charge in [0.15, 0.2) is 0 Å². The largest absolute Gasteiger partial charge is 0.460 e. The monoisotopic (exact) mass is 594 g/mol. The van der Waals surface area contributed by atoms with E-state index < -0.39 is 0 Å². The third-order valence-electron chi connectivity index (χ3n) is 10.6. The molecule has 222 valence electrons. The average molecular weight is 595 g/mol. The smallest absolute Gasteiger partial charge is 0.137 e. The second-order valence-corrected chi connectivity index (χ2v) is 13.2. The second-order valence-electron chi connectivity index (χ2n) is 13.2. The van der Waals surface area contributed by atoms with Crippen LogP contribution in [0.5, 0.6) is 0 Å². The Labute approximate surface area is 267 Å². The van der Waals surface area contributed by atoms with Gasteiger partial charge in [-0.2, -0.15) is 0 Å². The normalized spacial score (nSPS) is 19.6.